The Kier molecular flexibility index (Phi) is 6.62. The standard InChI is InChI=1S/C17H17BrN2O4/c1-23-14-6-8-15(9-7-14)24-11-10-16(21)19-20-17(22)12-2-4-13(18)5-3-12/h2-9H,10-11H2,1H3,(H,19,21)(H,20,22). The molecule has 0 unspecified atom stereocenters. The topological polar surface area (TPSA) is 76.7 Å². The zero-order valence-electron chi connectivity index (χ0n) is 13.0. The average Bonchev–Trinajstić information content (AvgIpc) is 2.61. The molecule has 2 rings (SSSR count). The number of hydrogen-bond acceptors (Lipinski definition) is 4. The molecule has 0 fully saturated rings. The number of halogens is 1. The largest absolute Gasteiger partial charge is 0.497 e. The van der Waals surface area contributed by atoms with Crippen LogP contribution < -0.4 is 20.3 Å². The molecule has 2 amide bonds. The van der Waals surface area contributed by atoms with Crippen molar-refractivity contribution in [3.05, 3.63) is 58.6 Å². The number of carbonyl (C=O) groups excluding carboxylic acids is 2. The van der Waals surface area contributed by atoms with Crippen LogP contribution in [0.4, 0.5) is 0 Å². The van der Waals surface area contributed by atoms with Crippen molar-refractivity contribution in [1.29, 1.82) is 0 Å². The summed E-state index contributed by atoms with van der Waals surface area (Å²) in [5.74, 6) is 0.652. The van der Waals surface area contributed by atoms with Gasteiger partial charge in [-0.05, 0) is 48.5 Å². The van der Waals surface area contributed by atoms with Gasteiger partial charge in [0.15, 0.2) is 0 Å². The summed E-state index contributed by atoms with van der Waals surface area (Å²) >= 11 is 3.29. The number of amides is 2. The Morgan fingerprint density at radius 3 is 2.21 bits per heavy atom. The lowest BCUT2D eigenvalue weighted by atomic mass is 10.2. The lowest BCUT2D eigenvalue weighted by Gasteiger charge is -2.09. The highest BCUT2D eigenvalue weighted by Crippen LogP contribution is 2.17. The SMILES string of the molecule is COc1ccc(OCCC(=O)NNC(=O)c2ccc(Br)cc2)cc1. The molecule has 0 aliphatic carbocycles. The number of rotatable bonds is 6. The van der Waals surface area contributed by atoms with Crippen LogP contribution in [0.25, 0.3) is 0 Å². The second-order valence-corrected chi connectivity index (χ2v) is 5.70. The van der Waals surface area contributed by atoms with Crippen molar-refractivity contribution in [3.8, 4) is 11.5 Å². The molecule has 0 aliphatic rings. The fourth-order valence-corrected chi connectivity index (χ4v) is 2.06. The van der Waals surface area contributed by atoms with Gasteiger partial charge in [0, 0.05) is 10.0 Å². The highest BCUT2D eigenvalue weighted by Gasteiger charge is 2.07. The summed E-state index contributed by atoms with van der Waals surface area (Å²) in [6, 6.07) is 13.9. The summed E-state index contributed by atoms with van der Waals surface area (Å²) in [7, 11) is 1.59. The molecule has 0 saturated carbocycles. The Morgan fingerprint density at radius 1 is 0.958 bits per heavy atom. The average molecular weight is 393 g/mol. The van der Waals surface area contributed by atoms with E-state index in [0.29, 0.717) is 11.3 Å². The molecule has 0 radical (unpaired) electrons. The fraction of sp³-hybridized carbons (Fsp3) is 0.176. The minimum atomic E-state index is -0.382. The van der Waals surface area contributed by atoms with Crippen LogP contribution in [0.5, 0.6) is 11.5 Å². The van der Waals surface area contributed by atoms with Crippen molar-refractivity contribution in [3.63, 3.8) is 0 Å². The number of hydrogen-bond donors (Lipinski definition) is 2. The molecule has 0 saturated heterocycles. The van der Waals surface area contributed by atoms with Crippen molar-refractivity contribution in [1.82, 2.24) is 10.9 Å². The van der Waals surface area contributed by atoms with Gasteiger partial charge in [0.05, 0.1) is 20.1 Å². The number of nitrogens with one attached hydrogen (secondary N) is 2. The maximum absolute atomic E-state index is 11.8. The van der Waals surface area contributed by atoms with E-state index in [2.05, 4.69) is 26.8 Å². The van der Waals surface area contributed by atoms with Crippen LogP contribution in [0.1, 0.15) is 16.8 Å². The van der Waals surface area contributed by atoms with Crippen molar-refractivity contribution in [2.45, 2.75) is 6.42 Å². The van der Waals surface area contributed by atoms with E-state index < -0.39 is 0 Å². The third-order valence-electron chi connectivity index (χ3n) is 3.08. The molecule has 2 aromatic carbocycles. The highest BCUT2D eigenvalue weighted by atomic mass is 79.9. The zero-order valence-corrected chi connectivity index (χ0v) is 14.6. The van der Waals surface area contributed by atoms with Crippen molar-refractivity contribution < 1.29 is 19.1 Å². The predicted octanol–water partition coefficient (Wildman–Crippen LogP) is 2.69. The molecule has 0 spiro atoms. The van der Waals surface area contributed by atoms with E-state index in [1.165, 1.54) is 0 Å². The third-order valence-corrected chi connectivity index (χ3v) is 3.61. The van der Waals surface area contributed by atoms with E-state index in [9.17, 15) is 9.59 Å². The molecule has 0 heterocycles. The van der Waals surface area contributed by atoms with Crippen molar-refractivity contribution in [2.24, 2.45) is 0 Å². The molecule has 2 N–H and O–H groups in total. The maximum Gasteiger partial charge on any atom is 0.269 e. The van der Waals surface area contributed by atoms with E-state index in [-0.39, 0.29) is 24.8 Å². The molecular formula is C17H17BrN2O4. The van der Waals surface area contributed by atoms with Crippen LogP contribution in [0.15, 0.2) is 53.0 Å². The van der Waals surface area contributed by atoms with Crippen LogP contribution in [0.3, 0.4) is 0 Å². The second kappa shape index (κ2) is 8.93. The maximum atomic E-state index is 11.8. The molecule has 0 aromatic heterocycles. The van der Waals surface area contributed by atoms with Gasteiger partial charge in [0.1, 0.15) is 11.5 Å². The first-order chi connectivity index (χ1) is 11.6. The van der Waals surface area contributed by atoms with Crippen molar-refractivity contribution >= 4 is 27.7 Å². The summed E-state index contributed by atoms with van der Waals surface area (Å²) < 4.78 is 11.4. The van der Waals surface area contributed by atoms with Crippen LogP contribution >= 0.6 is 15.9 Å². The van der Waals surface area contributed by atoms with Gasteiger partial charge < -0.3 is 9.47 Å². The molecular weight excluding hydrogens is 376 g/mol. The number of benzene rings is 2. The molecule has 0 aliphatic heterocycles. The summed E-state index contributed by atoms with van der Waals surface area (Å²) in [4.78, 5) is 23.5. The van der Waals surface area contributed by atoms with Crippen LogP contribution in [-0.2, 0) is 4.79 Å². The Hall–Kier alpha value is -2.54. The van der Waals surface area contributed by atoms with Gasteiger partial charge in [-0.2, -0.15) is 0 Å². The highest BCUT2D eigenvalue weighted by molar-refractivity contribution is 9.10. The zero-order chi connectivity index (χ0) is 17.4. The Balaban J connectivity index is 1.69. The van der Waals surface area contributed by atoms with Gasteiger partial charge in [-0.1, -0.05) is 15.9 Å². The molecule has 24 heavy (non-hydrogen) atoms. The quantitative estimate of drug-likeness (QED) is 0.740. The summed E-state index contributed by atoms with van der Waals surface area (Å²) in [6.45, 7) is 0.201. The summed E-state index contributed by atoms with van der Waals surface area (Å²) in [5, 5.41) is 0. The van der Waals surface area contributed by atoms with Gasteiger partial charge in [-0.3, -0.25) is 20.4 Å². The Morgan fingerprint density at radius 2 is 1.58 bits per heavy atom. The third kappa shape index (κ3) is 5.58. The van der Waals surface area contributed by atoms with Gasteiger partial charge in [-0.15, -0.1) is 0 Å². The fourth-order valence-electron chi connectivity index (χ4n) is 1.80. The number of methoxy groups -OCH3 is 1. The monoisotopic (exact) mass is 392 g/mol. The Labute approximate surface area is 148 Å². The Bertz CT molecular complexity index is 687. The second-order valence-electron chi connectivity index (χ2n) is 4.78. The summed E-state index contributed by atoms with van der Waals surface area (Å²) in [6.07, 6.45) is 0.118. The van der Waals surface area contributed by atoms with E-state index in [1.807, 2.05) is 0 Å². The van der Waals surface area contributed by atoms with E-state index >= 15 is 0 Å². The van der Waals surface area contributed by atoms with Gasteiger partial charge in [0.25, 0.3) is 5.91 Å². The first-order valence-electron chi connectivity index (χ1n) is 7.20. The number of ether oxygens (including phenoxy) is 2. The molecule has 2 aromatic rings. The minimum absolute atomic E-state index is 0.118. The van der Waals surface area contributed by atoms with Crippen LogP contribution in [0.2, 0.25) is 0 Å². The normalized spacial score (nSPS) is 9.92. The summed E-state index contributed by atoms with van der Waals surface area (Å²) in [5.41, 5.74) is 5.16. The number of hydrazine groups is 1. The lowest BCUT2D eigenvalue weighted by molar-refractivity contribution is -0.122. The van der Waals surface area contributed by atoms with Gasteiger partial charge in [-0.25, -0.2) is 0 Å². The predicted molar refractivity (Wildman–Crippen MR) is 92.9 cm³/mol. The number of carbonyl (C=O) groups is 2. The van der Waals surface area contributed by atoms with Crippen LogP contribution in [-0.4, -0.2) is 25.5 Å². The van der Waals surface area contributed by atoms with E-state index in [1.54, 1.807) is 55.6 Å². The molecule has 0 bridgehead atoms. The molecule has 6 nitrogen and oxygen atoms in total. The first-order valence-corrected chi connectivity index (χ1v) is 7.99. The smallest absolute Gasteiger partial charge is 0.269 e. The van der Waals surface area contributed by atoms with Gasteiger partial charge in [0.2, 0.25) is 5.91 Å². The van der Waals surface area contributed by atoms with Gasteiger partial charge >= 0.3 is 0 Å². The molecule has 0 atom stereocenters. The minimum Gasteiger partial charge on any atom is -0.497 e. The lowest BCUT2D eigenvalue weighted by Crippen LogP contribution is -2.42. The van der Waals surface area contributed by atoms with Crippen LogP contribution in [0, 0.1) is 0 Å². The molecule has 7 heteroatoms. The van der Waals surface area contributed by atoms with E-state index in [4.69, 9.17) is 9.47 Å². The van der Waals surface area contributed by atoms with E-state index in [0.717, 1.165) is 10.2 Å². The first kappa shape index (κ1) is 17.8. The van der Waals surface area contributed by atoms with Crippen molar-refractivity contribution in [2.75, 3.05) is 13.7 Å². The molecule has 126 valence electrons.